The fourth-order valence-corrected chi connectivity index (χ4v) is 4.14. The van der Waals surface area contributed by atoms with Gasteiger partial charge in [0.25, 0.3) is 0 Å². The first-order valence-electron chi connectivity index (χ1n) is 7.94. The Kier molecular flexibility index (Phi) is 3.72. The lowest BCUT2D eigenvalue weighted by Gasteiger charge is -2.21. The summed E-state index contributed by atoms with van der Waals surface area (Å²) in [7, 11) is 1.60. The number of hydrogen-bond donors (Lipinski definition) is 2. The number of methoxy groups -OCH3 is 1. The zero-order valence-corrected chi connectivity index (χ0v) is 14.4. The molecule has 1 amide bonds. The number of rotatable bonds is 3. The number of carbonyl (C=O) groups excluding carboxylic acids is 1. The van der Waals surface area contributed by atoms with Gasteiger partial charge in [-0.1, -0.05) is 0 Å². The fourth-order valence-electron chi connectivity index (χ4n) is 3.29. The molecule has 0 spiro atoms. The summed E-state index contributed by atoms with van der Waals surface area (Å²) < 4.78 is 6.47. The first-order chi connectivity index (χ1) is 11.7. The molecule has 3 aromatic rings. The number of anilines is 1. The van der Waals surface area contributed by atoms with Crippen LogP contribution >= 0.6 is 11.3 Å². The number of nitrogens with one attached hydrogen (secondary N) is 2. The number of nitrogens with zero attached hydrogens (tertiary/aromatic N) is 2. The van der Waals surface area contributed by atoms with Crippen LogP contribution in [0.4, 0.5) is 5.69 Å². The van der Waals surface area contributed by atoms with Gasteiger partial charge < -0.3 is 10.1 Å². The van der Waals surface area contributed by atoms with Crippen molar-refractivity contribution in [3.63, 3.8) is 0 Å². The van der Waals surface area contributed by atoms with Crippen LogP contribution in [0.5, 0.6) is 5.75 Å². The molecule has 1 aromatic carbocycles. The molecule has 6 nitrogen and oxygen atoms in total. The molecular formula is C17H18N4O2S. The highest BCUT2D eigenvalue weighted by Gasteiger charge is 2.28. The first-order valence-corrected chi connectivity index (χ1v) is 8.75. The molecule has 2 heterocycles. The van der Waals surface area contributed by atoms with Gasteiger partial charge in [-0.3, -0.25) is 9.89 Å². The topological polar surface area (TPSA) is 79.9 Å². The highest BCUT2D eigenvalue weighted by Crippen LogP contribution is 2.35. The van der Waals surface area contributed by atoms with Gasteiger partial charge in [-0.15, -0.1) is 11.3 Å². The summed E-state index contributed by atoms with van der Waals surface area (Å²) >= 11 is 1.61. The average Bonchev–Trinajstić information content (AvgIpc) is 3.18. The Bertz CT molecular complexity index is 915. The smallest absolute Gasteiger partial charge is 0.232 e. The van der Waals surface area contributed by atoms with Crippen LogP contribution in [0.1, 0.15) is 35.0 Å². The molecule has 1 unspecified atom stereocenters. The molecule has 0 aliphatic heterocycles. The van der Waals surface area contributed by atoms with Gasteiger partial charge in [-0.2, -0.15) is 5.10 Å². The van der Waals surface area contributed by atoms with Crippen LogP contribution in [0.15, 0.2) is 18.3 Å². The van der Waals surface area contributed by atoms with E-state index in [2.05, 4.69) is 20.5 Å². The largest absolute Gasteiger partial charge is 0.494 e. The van der Waals surface area contributed by atoms with Gasteiger partial charge in [0.05, 0.1) is 40.1 Å². The lowest BCUT2D eigenvalue weighted by Crippen LogP contribution is -2.24. The molecule has 7 heteroatoms. The predicted octanol–water partition coefficient (Wildman–Crippen LogP) is 3.40. The van der Waals surface area contributed by atoms with Crippen molar-refractivity contribution in [3.8, 4) is 5.75 Å². The van der Waals surface area contributed by atoms with Crippen LogP contribution in [0.2, 0.25) is 0 Å². The number of ether oxygens (including phenoxy) is 1. The molecule has 1 aliphatic carbocycles. The Balaban J connectivity index is 1.65. The minimum absolute atomic E-state index is 0.0174. The fraction of sp³-hybridized carbons (Fsp3) is 0.353. The summed E-state index contributed by atoms with van der Waals surface area (Å²) in [5.41, 5.74) is 3.66. The zero-order valence-electron chi connectivity index (χ0n) is 13.5. The highest BCUT2D eigenvalue weighted by atomic mass is 32.1. The number of benzene rings is 1. The highest BCUT2D eigenvalue weighted by molar-refractivity contribution is 7.18. The van der Waals surface area contributed by atoms with Gasteiger partial charge in [-0.05, 0) is 32.3 Å². The minimum atomic E-state index is -0.170. The van der Waals surface area contributed by atoms with Gasteiger partial charge in [-0.25, -0.2) is 4.98 Å². The van der Waals surface area contributed by atoms with E-state index in [1.54, 1.807) is 24.6 Å². The second-order valence-corrected chi connectivity index (χ2v) is 7.23. The Morgan fingerprint density at radius 3 is 3.17 bits per heavy atom. The maximum absolute atomic E-state index is 12.8. The van der Waals surface area contributed by atoms with Crippen molar-refractivity contribution in [3.05, 3.63) is 34.6 Å². The molecule has 0 radical (unpaired) electrons. The van der Waals surface area contributed by atoms with Crippen molar-refractivity contribution in [1.82, 2.24) is 15.2 Å². The third-order valence-corrected chi connectivity index (χ3v) is 5.37. The number of hydrogen-bond acceptors (Lipinski definition) is 5. The average molecular weight is 342 g/mol. The van der Waals surface area contributed by atoms with Crippen molar-refractivity contribution in [2.24, 2.45) is 0 Å². The Morgan fingerprint density at radius 2 is 2.33 bits per heavy atom. The van der Waals surface area contributed by atoms with E-state index in [9.17, 15) is 4.79 Å². The zero-order chi connectivity index (χ0) is 16.7. The maximum Gasteiger partial charge on any atom is 0.232 e. The molecule has 0 fully saturated rings. The summed E-state index contributed by atoms with van der Waals surface area (Å²) in [5, 5.41) is 11.1. The Morgan fingerprint density at radius 1 is 1.46 bits per heavy atom. The molecule has 24 heavy (non-hydrogen) atoms. The van der Waals surface area contributed by atoms with Gasteiger partial charge in [0.2, 0.25) is 5.91 Å². The molecule has 0 bridgehead atoms. The monoisotopic (exact) mass is 342 g/mol. The van der Waals surface area contributed by atoms with E-state index in [0.717, 1.165) is 45.7 Å². The number of carbonyl (C=O) groups is 1. The minimum Gasteiger partial charge on any atom is -0.494 e. The van der Waals surface area contributed by atoms with E-state index in [0.29, 0.717) is 11.4 Å². The van der Waals surface area contributed by atoms with E-state index in [1.807, 2.05) is 19.1 Å². The number of H-pyrrole nitrogens is 1. The van der Waals surface area contributed by atoms with Crippen molar-refractivity contribution in [1.29, 1.82) is 0 Å². The lowest BCUT2D eigenvalue weighted by atomic mass is 9.86. The summed E-state index contributed by atoms with van der Waals surface area (Å²) in [5.74, 6) is 0.441. The molecule has 1 atom stereocenters. The molecule has 2 aromatic heterocycles. The SMILES string of the molecule is COc1cc2nc(C)sc2cc1NC(=O)C1CCCc2[nH]ncc21. The standard InChI is InChI=1S/C17H18N4O2S/c1-9-19-14-6-15(23-2)13(7-16(14)24-9)20-17(22)10-4-3-5-12-11(10)8-18-21-12/h6-8,10H,3-5H2,1-2H3,(H,18,21)(H,20,22). The summed E-state index contributed by atoms with van der Waals surface area (Å²) in [6.45, 7) is 1.97. The van der Waals surface area contributed by atoms with E-state index < -0.39 is 0 Å². The van der Waals surface area contributed by atoms with E-state index in [4.69, 9.17) is 4.74 Å². The third-order valence-electron chi connectivity index (χ3n) is 4.44. The third kappa shape index (κ3) is 2.54. The maximum atomic E-state index is 12.8. The normalized spacial score (nSPS) is 16.8. The number of fused-ring (bicyclic) bond motifs is 2. The van der Waals surface area contributed by atoms with Gasteiger partial charge >= 0.3 is 0 Å². The molecular weight excluding hydrogens is 324 g/mol. The molecule has 0 saturated heterocycles. The number of aryl methyl sites for hydroxylation is 2. The van der Waals surface area contributed by atoms with E-state index in [1.165, 1.54) is 0 Å². The van der Waals surface area contributed by atoms with Crippen molar-refractivity contribution in [2.45, 2.75) is 32.1 Å². The molecule has 1 aliphatic rings. The second-order valence-electron chi connectivity index (χ2n) is 5.99. The van der Waals surface area contributed by atoms with Gasteiger partial charge in [0, 0.05) is 17.3 Å². The van der Waals surface area contributed by atoms with Crippen molar-refractivity contribution in [2.75, 3.05) is 12.4 Å². The van der Waals surface area contributed by atoms with Crippen LogP contribution in [-0.2, 0) is 11.2 Å². The summed E-state index contributed by atoms with van der Waals surface area (Å²) in [6.07, 6.45) is 4.54. The molecule has 4 rings (SSSR count). The van der Waals surface area contributed by atoms with E-state index in [-0.39, 0.29) is 11.8 Å². The molecule has 0 saturated carbocycles. The number of aromatic amines is 1. The lowest BCUT2D eigenvalue weighted by molar-refractivity contribution is -0.117. The number of thiazole rings is 1. The number of aromatic nitrogens is 3. The quantitative estimate of drug-likeness (QED) is 0.764. The van der Waals surface area contributed by atoms with Crippen LogP contribution in [0.25, 0.3) is 10.2 Å². The van der Waals surface area contributed by atoms with Gasteiger partial charge in [0.15, 0.2) is 0 Å². The summed E-state index contributed by atoms with van der Waals surface area (Å²) in [6, 6.07) is 3.81. The Labute approximate surface area is 143 Å². The van der Waals surface area contributed by atoms with E-state index >= 15 is 0 Å². The van der Waals surface area contributed by atoms with Crippen molar-refractivity contribution >= 4 is 33.1 Å². The molecule has 2 N–H and O–H groups in total. The Hall–Kier alpha value is -2.41. The number of amides is 1. The van der Waals surface area contributed by atoms with Crippen LogP contribution in [0.3, 0.4) is 0 Å². The van der Waals surface area contributed by atoms with Crippen LogP contribution in [0, 0.1) is 6.92 Å². The van der Waals surface area contributed by atoms with Crippen LogP contribution < -0.4 is 10.1 Å². The predicted molar refractivity (Wildman–Crippen MR) is 93.8 cm³/mol. The first kappa shape index (κ1) is 15.1. The van der Waals surface area contributed by atoms with Crippen LogP contribution in [-0.4, -0.2) is 28.2 Å². The van der Waals surface area contributed by atoms with Crippen molar-refractivity contribution < 1.29 is 9.53 Å². The summed E-state index contributed by atoms with van der Waals surface area (Å²) in [4.78, 5) is 17.3. The second kappa shape index (κ2) is 5.90. The van der Waals surface area contributed by atoms with Gasteiger partial charge in [0.1, 0.15) is 5.75 Å². The molecule has 124 valence electrons.